The minimum atomic E-state index is -0.0266. The summed E-state index contributed by atoms with van der Waals surface area (Å²) in [6.45, 7) is 4.45. The number of nitrogens with one attached hydrogen (secondary N) is 1. The number of methoxy groups -OCH3 is 1. The molecule has 2 aliphatic rings. The molecule has 18 heavy (non-hydrogen) atoms. The normalized spacial score (nSPS) is 26.1. The molecular weight excluding hydrogens is 230 g/mol. The molecule has 0 aromatic heterocycles. The molecule has 1 N–H and O–H groups in total. The molecule has 4 nitrogen and oxygen atoms in total. The summed E-state index contributed by atoms with van der Waals surface area (Å²) in [5.74, 6) is 2.34. The highest BCUT2D eigenvalue weighted by Crippen LogP contribution is 2.46. The Morgan fingerprint density at radius 3 is 2.83 bits per heavy atom. The summed E-state index contributed by atoms with van der Waals surface area (Å²) in [5, 5.41) is 3.55. The van der Waals surface area contributed by atoms with Crippen LogP contribution in [0, 0.1) is 0 Å². The van der Waals surface area contributed by atoms with E-state index in [9.17, 15) is 0 Å². The highest BCUT2D eigenvalue weighted by atomic mass is 16.6. The first-order valence-corrected chi connectivity index (χ1v) is 6.47. The Morgan fingerprint density at radius 1 is 1.28 bits per heavy atom. The molecule has 0 spiro atoms. The van der Waals surface area contributed by atoms with Crippen LogP contribution in [0.3, 0.4) is 0 Å². The first-order valence-electron chi connectivity index (χ1n) is 6.47. The van der Waals surface area contributed by atoms with Crippen LogP contribution in [-0.4, -0.2) is 26.9 Å². The van der Waals surface area contributed by atoms with E-state index in [4.69, 9.17) is 14.2 Å². The predicted molar refractivity (Wildman–Crippen MR) is 68.6 cm³/mol. The molecule has 0 aliphatic carbocycles. The summed E-state index contributed by atoms with van der Waals surface area (Å²) in [7, 11) is 1.69. The van der Waals surface area contributed by atoms with Gasteiger partial charge in [0.1, 0.15) is 13.2 Å². The van der Waals surface area contributed by atoms with Crippen LogP contribution in [0.2, 0.25) is 0 Å². The Kier molecular flexibility index (Phi) is 2.82. The SMILES string of the molecule is COc1c(C2(C)CCCN2)ccc2c1OCCO2. The smallest absolute Gasteiger partial charge is 0.204 e. The molecular formula is C14H19NO3. The lowest BCUT2D eigenvalue weighted by Gasteiger charge is -2.30. The fourth-order valence-corrected chi connectivity index (χ4v) is 2.85. The zero-order valence-electron chi connectivity index (χ0n) is 10.9. The number of hydrogen-bond acceptors (Lipinski definition) is 4. The first kappa shape index (κ1) is 11.7. The van der Waals surface area contributed by atoms with Crippen molar-refractivity contribution in [1.82, 2.24) is 5.32 Å². The van der Waals surface area contributed by atoms with E-state index in [1.807, 2.05) is 6.07 Å². The van der Waals surface area contributed by atoms with E-state index in [0.717, 1.165) is 35.8 Å². The van der Waals surface area contributed by atoms with Crippen molar-refractivity contribution in [2.24, 2.45) is 0 Å². The van der Waals surface area contributed by atoms with Crippen LogP contribution in [0.25, 0.3) is 0 Å². The van der Waals surface area contributed by atoms with E-state index < -0.39 is 0 Å². The molecule has 4 heteroatoms. The molecule has 1 unspecified atom stereocenters. The lowest BCUT2D eigenvalue weighted by molar-refractivity contribution is 0.164. The van der Waals surface area contributed by atoms with E-state index in [0.29, 0.717) is 13.2 Å². The van der Waals surface area contributed by atoms with Gasteiger partial charge in [0.2, 0.25) is 5.75 Å². The first-order chi connectivity index (χ1) is 8.74. The summed E-state index contributed by atoms with van der Waals surface area (Å²) < 4.78 is 16.9. The zero-order valence-corrected chi connectivity index (χ0v) is 10.9. The third-order valence-electron chi connectivity index (χ3n) is 3.83. The Labute approximate surface area is 107 Å². The second kappa shape index (κ2) is 4.35. The van der Waals surface area contributed by atoms with Crippen molar-refractivity contribution in [2.75, 3.05) is 26.9 Å². The van der Waals surface area contributed by atoms with Crippen LogP contribution >= 0.6 is 0 Å². The Balaban J connectivity index is 2.09. The third-order valence-corrected chi connectivity index (χ3v) is 3.83. The maximum Gasteiger partial charge on any atom is 0.204 e. The number of hydrogen-bond donors (Lipinski definition) is 1. The summed E-state index contributed by atoms with van der Waals surface area (Å²) >= 11 is 0. The minimum absolute atomic E-state index is 0.0266. The van der Waals surface area contributed by atoms with E-state index >= 15 is 0 Å². The number of fused-ring (bicyclic) bond motifs is 1. The van der Waals surface area contributed by atoms with Gasteiger partial charge < -0.3 is 19.5 Å². The van der Waals surface area contributed by atoms with Crippen molar-refractivity contribution in [2.45, 2.75) is 25.3 Å². The van der Waals surface area contributed by atoms with Gasteiger partial charge in [0.25, 0.3) is 0 Å². The monoisotopic (exact) mass is 249 g/mol. The summed E-state index contributed by atoms with van der Waals surface area (Å²) in [4.78, 5) is 0. The van der Waals surface area contributed by atoms with Gasteiger partial charge in [-0.15, -0.1) is 0 Å². The molecule has 0 bridgehead atoms. The second-order valence-corrected chi connectivity index (χ2v) is 5.03. The van der Waals surface area contributed by atoms with Crippen LogP contribution in [-0.2, 0) is 5.54 Å². The molecule has 3 rings (SSSR count). The van der Waals surface area contributed by atoms with Crippen molar-refractivity contribution >= 4 is 0 Å². The summed E-state index contributed by atoms with van der Waals surface area (Å²) in [5.41, 5.74) is 1.13. The van der Waals surface area contributed by atoms with Gasteiger partial charge in [-0.1, -0.05) is 0 Å². The second-order valence-electron chi connectivity index (χ2n) is 5.03. The van der Waals surface area contributed by atoms with Crippen LogP contribution in [0.4, 0.5) is 0 Å². The lowest BCUT2D eigenvalue weighted by Crippen LogP contribution is -2.33. The number of benzene rings is 1. The van der Waals surface area contributed by atoms with Gasteiger partial charge >= 0.3 is 0 Å². The van der Waals surface area contributed by atoms with Gasteiger partial charge in [-0.05, 0) is 38.4 Å². The average Bonchev–Trinajstić information content (AvgIpc) is 2.85. The van der Waals surface area contributed by atoms with Gasteiger partial charge in [0.15, 0.2) is 11.5 Å². The highest BCUT2D eigenvalue weighted by molar-refractivity contribution is 5.58. The van der Waals surface area contributed by atoms with Crippen LogP contribution < -0.4 is 19.5 Å². The van der Waals surface area contributed by atoms with Crippen LogP contribution in [0.5, 0.6) is 17.2 Å². The quantitative estimate of drug-likeness (QED) is 0.871. The molecule has 2 heterocycles. The molecule has 2 aliphatic heterocycles. The fraction of sp³-hybridized carbons (Fsp3) is 0.571. The topological polar surface area (TPSA) is 39.7 Å². The molecule has 1 aromatic carbocycles. The Bertz CT molecular complexity index is 453. The van der Waals surface area contributed by atoms with Crippen molar-refractivity contribution in [3.63, 3.8) is 0 Å². The maximum atomic E-state index is 5.71. The van der Waals surface area contributed by atoms with E-state index in [2.05, 4.69) is 18.3 Å². The fourth-order valence-electron chi connectivity index (χ4n) is 2.85. The zero-order chi connectivity index (χ0) is 12.6. The van der Waals surface area contributed by atoms with E-state index in [-0.39, 0.29) is 5.54 Å². The van der Waals surface area contributed by atoms with Gasteiger partial charge in [-0.2, -0.15) is 0 Å². The standard InChI is InChI=1S/C14H19NO3/c1-14(6-3-7-15-14)10-4-5-11-13(12(10)16-2)18-9-8-17-11/h4-5,15H,3,6-9H2,1-2H3. The van der Waals surface area contributed by atoms with Crippen molar-refractivity contribution in [1.29, 1.82) is 0 Å². The Hall–Kier alpha value is -1.42. The highest BCUT2D eigenvalue weighted by Gasteiger charge is 2.35. The number of rotatable bonds is 2. The number of ether oxygens (including phenoxy) is 3. The van der Waals surface area contributed by atoms with E-state index in [1.165, 1.54) is 6.42 Å². The molecule has 0 radical (unpaired) electrons. The molecule has 1 aromatic rings. The van der Waals surface area contributed by atoms with Gasteiger partial charge in [-0.25, -0.2) is 0 Å². The summed E-state index contributed by atoms with van der Waals surface area (Å²) in [6.07, 6.45) is 2.30. The third kappa shape index (κ3) is 1.72. The van der Waals surface area contributed by atoms with E-state index in [1.54, 1.807) is 7.11 Å². The van der Waals surface area contributed by atoms with Crippen molar-refractivity contribution < 1.29 is 14.2 Å². The largest absolute Gasteiger partial charge is 0.492 e. The van der Waals surface area contributed by atoms with Crippen LogP contribution in [0.1, 0.15) is 25.3 Å². The molecule has 1 atom stereocenters. The van der Waals surface area contributed by atoms with Crippen molar-refractivity contribution in [3.8, 4) is 17.2 Å². The van der Waals surface area contributed by atoms with Gasteiger partial charge in [0.05, 0.1) is 7.11 Å². The average molecular weight is 249 g/mol. The van der Waals surface area contributed by atoms with Crippen molar-refractivity contribution in [3.05, 3.63) is 17.7 Å². The molecule has 1 saturated heterocycles. The molecule has 1 fully saturated rings. The van der Waals surface area contributed by atoms with Gasteiger partial charge in [0, 0.05) is 11.1 Å². The molecule has 0 saturated carbocycles. The lowest BCUT2D eigenvalue weighted by atomic mass is 9.89. The maximum absolute atomic E-state index is 5.71. The van der Waals surface area contributed by atoms with Gasteiger partial charge in [-0.3, -0.25) is 0 Å². The predicted octanol–water partition coefficient (Wildman–Crippen LogP) is 2.06. The van der Waals surface area contributed by atoms with Crippen LogP contribution in [0.15, 0.2) is 12.1 Å². The molecule has 0 amide bonds. The molecule has 98 valence electrons. The minimum Gasteiger partial charge on any atom is -0.492 e. The Morgan fingerprint density at radius 2 is 2.11 bits per heavy atom. The summed E-state index contributed by atoms with van der Waals surface area (Å²) in [6, 6.07) is 4.07.